The van der Waals surface area contributed by atoms with E-state index in [-0.39, 0.29) is 0 Å². The Bertz CT molecular complexity index is 670. The summed E-state index contributed by atoms with van der Waals surface area (Å²) in [5.41, 5.74) is 2.49. The fourth-order valence-electron chi connectivity index (χ4n) is 3.09. The first-order valence-corrected chi connectivity index (χ1v) is 7.95. The van der Waals surface area contributed by atoms with Crippen LogP contribution in [0.4, 0.5) is 0 Å². The van der Waals surface area contributed by atoms with Gasteiger partial charge in [0.05, 0.1) is 11.7 Å². The highest BCUT2D eigenvalue weighted by molar-refractivity contribution is 9.10. The number of halogens is 1. The Kier molecular flexibility index (Phi) is 3.85. The van der Waals surface area contributed by atoms with Gasteiger partial charge < -0.3 is 5.11 Å². The van der Waals surface area contributed by atoms with Crippen LogP contribution in [-0.4, -0.2) is 20.9 Å². The molecule has 1 aliphatic rings. The molecule has 0 amide bonds. The summed E-state index contributed by atoms with van der Waals surface area (Å²) >= 11 is 3.40. The number of hydrogen-bond acceptors (Lipinski definition) is 2. The second-order valence-corrected chi connectivity index (χ2v) is 6.42. The summed E-state index contributed by atoms with van der Waals surface area (Å²) in [6.07, 6.45) is 4.56. The first-order chi connectivity index (χ1) is 10.1. The molecule has 3 rings (SSSR count). The third-order valence-electron chi connectivity index (χ3n) is 4.15. The molecule has 0 radical (unpaired) electrons. The van der Waals surface area contributed by atoms with Crippen LogP contribution in [0.3, 0.4) is 0 Å². The van der Waals surface area contributed by atoms with E-state index < -0.39 is 5.97 Å². The summed E-state index contributed by atoms with van der Waals surface area (Å²) in [6, 6.07) is 7.96. The van der Waals surface area contributed by atoms with Crippen molar-refractivity contribution >= 4 is 21.9 Å². The molecule has 1 aliphatic carbocycles. The fourth-order valence-corrected chi connectivity index (χ4v) is 3.35. The quantitative estimate of drug-likeness (QED) is 0.892. The predicted molar refractivity (Wildman–Crippen MR) is 84.6 cm³/mol. The monoisotopic (exact) mass is 348 g/mol. The first-order valence-electron chi connectivity index (χ1n) is 7.16. The van der Waals surface area contributed by atoms with Crippen LogP contribution >= 0.6 is 15.9 Å². The highest BCUT2D eigenvalue weighted by atomic mass is 79.9. The minimum atomic E-state index is -0.908. The zero-order valence-corrected chi connectivity index (χ0v) is 13.4. The smallest absolute Gasteiger partial charge is 0.339 e. The van der Waals surface area contributed by atoms with E-state index in [1.807, 2.05) is 35.9 Å². The van der Waals surface area contributed by atoms with Gasteiger partial charge in [0.1, 0.15) is 11.3 Å². The summed E-state index contributed by atoms with van der Waals surface area (Å²) in [7, 11) is 0. The van der Waals surface area contributed by atoms with Crippen molar-refractivity contribution in [2.24, 2.45) is 0 Å². The van der Waals surface area contributed by atoms with Crippen LogP contribution in [0.2, 0.25) is 0 Å². The number of carbonyl (C=O) groups is 1. The second kappa shape index (κ2) is 5.64. The van der Waals surface area contributed by atoms with Gasteiger partial charge in [-0.05, 0) is 31.9 Å². The number of hydrogen-bond donors (Lipinski definition) is 1. The molecule has 0 atom stereocenters. The van der Waals surface area contributed by atoms with Gasteiger partial charge in [0.25, 0.3) is 0 Å². The average molecular weight is 349 g/mol. The van der Waals surface area contributed by atoms with Gasteiger partial charge in [0.15, 0.2) is 0 Å². The number of carboxylic acid groups (broad SMARTS) is 1. The summed E-state index contributed by atoms with van der Waals surface area (Å²) in [5, 5.41) is 14.2. The van der Waals surface area contributed by atoms with Crippen LogP contribution in [0.15, 0.2) is 28.7 Å². The van der Waals surface area contributed by atoms with E-state index in [9.17, 15) is 9.90 Å². The van der Waals surface area contributed by atoms with Gasteiger partial charge in [-0.15, -0.1) is 0 Å². The van der Waals surface area contributed by atoms with E-state index in [0.717, 1.165) is 28.6 Å². The molecule has 1 heterocycles. The van der Waals surface area contributed by atoms with Crippen LogP contribution in [-0.2, 0) is 0 Å². The Morgan fingerprint density at radius 2 is 1.90 bits per heavy atom. The lowest BCUT2D eigenvalue weighted by Gasteiger charge is -2.11. The topological polar surface area (TPSA) is 55.1 Å². The van der Waals surface area contributed by atoms with Crippen molar-refractivity contribution in [2.45, 2.75) is 38.6 Å². The van der Waals surface area contributed by atoms with E-state index in [0.29, 0.717) is 17.3 Å². The van der Waals surface area contributed by atoms with Crippen LogP contribution in [0.5, 0.6) is 0 Å². The molecule has 1 aromatic carbocycles. The van der Waals surface area contributed by atoms with Crippen molar-refractivity contribution < 1.29 is 9.90 Å². The number of nitrogens with zero attached hydrogens (tertiary/aromatic N) is 2. The maximum absolute atomic E-state index is 11.6. The Balaban J connectivity index is 2.12. The molecule has 21 heavy (non-hydrogen) atoms. The van der Waals surface area contributed by atoms with E-state index in [1.54, 1.807) is 0 Å². The maximum atomic E-state index is 11.6. The molecule has 4 nitrogen and oxygen atoms in total. The number of carboxylic acids is 1. The fraction of sp³-hybridized carbons (Fsp3) is 0.375. The van der Waals surface area contributed by atoms with Gasteiger partial charge >= 0.3 is 5.97 Å². The maximum Gasteiger partial charge on any atom is 0.339 e. The molecule has 0 bridgehead atoms. The highest BCUT2D eigenvalue weighted by Gasteiger charge is 2.26. The van der Waals surface area contributed by atoms with Crippen LogP contribution in [0.25, 0.3) is 11.3 Å². The highest BCUT2D eigenvalue weighted by Crippen LogP contribution is 2.34. The van der Waals surface area contributed by atoms with Crippen molar-refractivity contribution in [3.8, 4) is 11.3 Å². The number of rotatable bonds is 3. The Labute approximate surface area is 131 Å². The van der Waals surface area contributed by atoms with E-state index in [4.69, 9.17) is 0 Å². The molecule has 0 spiro atoms. The molecule has 1 aromatic heterocycles. The van der Waals surface area contributed by atoms with Crippen LogP contribution in [0, 0.1) is 6.92 Å². The average Bonchev–Trinajstić information content (AvgIpc) is 3.06. The lowest BCUT2D eigenvalue weighted by atomic mass is 10.1. The van der Waals surface area contributed by atoms with Gasteiger partial charge in [-0.2, -0.15) is 5.10 Å². The van der Waals surface area contributed by atoms with Crippen molar-refractivity contribution in [1.29, 1.82) is 0 Å². The molecular formula is C16H17BrN2O2. The van der Waals surface area contributed by atoms with E-state index in [1.165, 1.54) is 12.8 Å². The zero-order valence-electron chi connectivity index (χ0n) is 11.8. The van der Waals surface area contributed by atoms with E-state index >= 15 is 0 Å². The second-order valence-electron chi connectivity index (χ2n) is 5.50. The van der Waals surface area contributed by atoms with Crippen molar-refractivity contribution in [3.05, 3.63) is 40.0 Å². The van der Waals surface area contributed by atoms with Crippen LogP contribution < -0.4 is 0 Å². The zero-order chi connectivity index (χ0) is 15.0. The SMILES string of the molecule is Cc1c(C(=O)O)c(-c2ccc(Br)cc2)nn1C1CCCC1. The van der Waals surface area contributed by atoms with Crippen molar-refractivity contribution in [2.75, 3.05) is 0 Å². The minimum absolute atomic E-state index is 0.323. The Morgan fingerprint density at radius 1 is 1.29 bits per heavy atom. The summed E-state index contributed by atoms with van der Waals surface area (Å²) in [5.74, 6) is -0.908. The molecule has 1 fully saturated rings. The van der Waals surface area contributed by atoms with Gasteiger partial charge in [-0.25, -0.2) is 4.79 Å². The summed E-state index contributed by atoms with van der Waals surface area (Å²) in [4.78, 5) is 11.6. The molecule has 0 aliphatic heterocycles. The van der Waals surface area contributed by atoms with Crippen molar-refractivity contribution in [1.82, 2.24) is 9.78 Å². The predicted octanol–water partition coefficient (Wildman–Crippen LogP) is 4.43. The third-order valence-corrected chi connectivity index (χ3v) is 4.68. The third kappa shape index (κ3) is 2.62. The molecule has 1 N–H and O–H groups in total. The molecule has 2 aromatic rings. The van der Waals surface area contributed by atoms with Gasteiger partial charge in [-0.1, -0.05) is 40.9 Å². The molecule has 0 saturated heterocycles. The molecule has 1 saturated carbocycles. The number of benzene rings is 1. The normalized spacial score (nSPS) is 15.5. The van der Waals surface area contributed by atoms with E-state index in [2.05, 4.69) is 21.0 Å². The Hall–Kier alpha value is -1.62. The number of aromatic nitrogens is 2. The summed E-state index contributed by atoms with van der Waals surface area (Å²) < 4.78 is 2.89. The lowest BCUT2D eigenvalue weighted by Crippen LogP contribution is -2.09. The first kappa shape index (κ1) is 14.3. The molecular weight excluding hydrogens is 332 g/mol. The van der Waals surface area contributed by atoms with Gasteiger partial charge in [-0.3, -0.25) is 4.68 Å². The summed E-state index contributed by atoms with van der Waals surface area (Å²) in [6.45, 7) is 1.86. The minimum Gasteiger partial charge on any atom is -0.478 e. The molecule has 0 unspecified atom stereocenters. The van der Waals surface area contributed by atoms with Crippen molar-refractivity contribution in [3.63, 3.8) is 0 Å². The van der Waals surface area contributed by atoms with Crippen LogP contribution in [0.1, 0.15) is 47.8 Å². The number of aromatic carboxylic acids is 1. The Morgan fingerprint density at radius 3 is 2.48 bits per heavy atom. The van der Waals surface area contributed by atoms with Gasteiger partial charge in [0, 0.05) is 10.0 Å². The largest absolute Gasteiger partial charge is 0.478 e. The molecule has 110 valence electrons. The lowest BCUT2D eigenvalue weighted by molar-refractivity contribution is 0.0696. The van der Waals surface area contributed by atoms with Gasteiger partial charge in [0.2, 0.25) is 0 Å². The molecule has 5 heteroatoms. The standard InChI is InChI=1S/C16H17BrN2O2/c1-10-14(16(20)21)15(11-6-8-12(17)9-7-11)18-19(10)13-4-2-3-5-13/h6-9,13H,2-5H2,1H3,(H,20,21).